The normalized spacial score (nSPS) is 34.2. The van der Waals surface area contributed by atoms with Gasteiger partial charge in [0, 0.05) is 12.1 Å². The number of rotatable bonds is 4. The molecule has 2 N–H and O–H groups in total. The van der Waals surface area contributed by atoms with Crippen molar-refractivity contribution in [2.45, 2.75) is 46.3 Å². The lowest BCUT2D eigenvalue weighted by molar-refractivity contribution is -0.125. The van der Waals surface area contributed by atoms with Crippen LogP contribution in [0, 0.1) is 17.8 Å². The van der Waals surface area contributed by atoms with Crippen LogP contribution in [0.25, 0.3) is 0 Å². The lowest BCUT2D eigenvalue weighted by Gasteiger charge is -2.34. The summed E-state index contributed by atoms with van der Waals surface area (Å²) in [6.07, 6.45) is 1.41. The minimum atomic E-state index is -3.23. The van der Waals surface area contributed by atoms with Crippen LogP contribution in [0.2, 0.25) is 0 Å². The van der Waals surface area contributed by atoms with Gasteiger partial charge in [0.25, 0.3) is 0 Å². The summed E-state index contributed by atoms with van der Waals surface area (Å²) in [5.41, 5.74) is 0. The summed E-state index contributed by atoms with van der Waals surface area (Å²) in [4.78, 5) is 21.9. The molecule has 4 nitrogen and oxygen atoms in total. The average molecular weight is 261 g/mol. The first-order chi connectivity index (χ1) is 7.72. The number of carbonyl (C=O) groups is 1. The lowest BCUT2D eigenvalue weighted by Crippen LogP contribution is -2.46. The van der Waals surface area contributed by atoms with E-state index < -0.39 is 13.2 Å². The molecule has 0 spiro atoms. The maximum atomic E-state index is 12.2. The predicted octanol–water partition coefficient (Wildman–Crippen LogP) is 2.42. The molecule has 17 heavy (non-hydrogen) atoms. The highest BCUT2D eigenvalue weighted by Gasteiger charge is 2.42. The molecule has 1 aliphatic heterocycles. The fourth-order valence-corrected chi connectivity index (χ4v) is 4.61. The lowest BCUT2D eigenvalue weighted by atomic mass is 9.97. The maximum Gasteiger partial charge on any atom is 0.224 e. The maximum absolute atomic E-state index is 12.2. The van der Waals surface area contributed by atoms with E-state index in [2.05, 4.69) is 5.32 Å². The van der Waals surface area contributed by atoms with Crippen LogP contribution in [0.1, 0.15) is 40.5 Å². The van der Waals surface area contributed by atoms with E-state index in [4.69, 9.17) is 0 Å². The van der Waals surface area contributed by atoms with Crippen LogP contribution in [0.15, 0.2) is 0 Å². The van der Waals surface area contributed by atoms with Gasteiger partial charge in [-0.15, -0.1) is 0 Å². The number of carbonyl (C=O) groups excluding carboxylic acids is 1. The van der Waals surface area contributed by atoms with Crippen LogP contribution in [-0.4, -0.2) is 22.7 Å². The zero-order valence-electron chi connectivity index (χ0n) is 11.1. The van der Waals surface area contributed by atoms with Crippen molar-refractivity contribution in [3.8, 4) is 0 Å². The second kappa shape index (κ2) is 5.53. The number of hydrogen-bond donors (Lipinski definition) is 2. The van der Waals surface area contributed by atoms with Gasteiger partial charge in [0.2, 0.25) is 13.3 Å². The molecule has 3 unspecified atom stereocenters. The molecule has 1 aliphatic rings. The molecule has 0 aliphatic carbocycles. The molecule has 0 bridgehead atoms. The van der Waals surface area contributed by atoms with Gasteiger partial charge >= 0.3 is 0 Å². The van der Waals surface area contributed by atoms with Crippen LogP contribution in [-0.2, 0) is 9.36 Å². The first-order valence-corrected chi connectivity index (χ1v) is 8.25. The molecule has 0 radical (unpaired) electrons. The highest BCUT2D eigenvalue weighted by Crippen LogP contribution is 2.52. The molecular formula is C12H24NO3P. The zero-order chi connectivity index (χ0) is 13.2. The average Bonchev–Trinajstić information content (AvgIpc) is 2.11. The second-order valence-electron chi connectivity index (χ2n) is 5.92. The summed E-state index contributed by atoms with van der Waals surface area (Å²) < 4.78 is 12.2. The van der Waals surface area contributed by atoms with Gasteiger partial charge in [0.1, 0.15) is 5.78 Å². The van der Waals surface area contributed by atoms with Crippen LogP contribution in [0.3, 0.4) is 0 Å². The molecule has 1 fully saturated rings. The highest BCUT2D eigenvalue weighted by molar-refractivity contribution is 7.58. The van der Waals surface area contributed by atoms with Gasteiger partial charge < -0.3 is 10.2 Å². The van der Waals surface area contributed by atoms with Gasteiger partial charge in [0.15, 0.2) is 0 Å². The minimum Gasteiger partial charge on any atom is -0.344 e. The van der Waals surface area contributed by atoms with Crippen molar-refractivity contribution in [1.29, 1.82) is 0 Å². The standard InChI is InChI=1S/C12H24NO3P/c1-8(2)5-10-7-17(15,16)11(6-9(3)4)13-12(10)14/h8-11H,5-7H2,1-4H3,(H,13,14)(H,15,16). The summed E-state index contributed by atoms with van der Waals surface area (Å²) >= 11 is 0. The Morgan fingerprint density at radius 1 is 1.29 bits per heavy atom. The summed E-state index contributed by atoms with van der Waals surface area (Å²) in [6.45, 7) is 8.03. The van der Waals surface area contributed by atoms with E-state index in [9.17, 15) is 14.3 Å². The van der Waals surface area contributed by atoms with Crippen molar-refractivity contribution < 1.29 is 14.3 Å². The van der Waals surface area contributed by atoms with Crippen molar-refractivity contribution >= 4 is 13.3 Å². The van der Waals surface area contributed by atoms with Gasteiger partial charge in [-0.2, -0.15) is 0 Å². The molecule has 0 aromatic carbocycles. The first-order valence-electron chi connectivity index (χ1n) is 6.34. The molecule has 1 amide bonds. The highest BCUT2D eigenvalue weighted by atomic mass is 31.2. The third-order valence-electron chi connectivity index (χ3n) is 3.10. The largest absolute Gasteiger partial charge is 0.344 e. The Balaban J connectivity index is 2.73. The molecule has 5 heteroatoms. The summed E-state index contributed by atoms with van der Waals surface area (Å²) in [7, 11) is -3.23. The van der Waals surface area contributed by atoms with Crippen molar-refractivity contribution in [2.24, 2.45) is 17.8 Å². The molecule has 1 heterocycles. The van der Waals surface area contributed by atoms with Gasteiger partial charge in [-0.25, -0.2) is 0 Å². The minimum absolute atomic E-state index is 0.0510. The Morgan fingerprint density at radius 2 is 1.82 bits per heavy atom. The Bertz CT molecular complexity index is 328. The quantitative estimate of drug-likeness (QED) is 0.764. The Kier molecular flexibility index (Phi) is 4.79. The van der Waals surface area contributed by atoms with E-state index in [1.54, 1.807) is 0 Å². The van der Waals surface area contributed by atoms with Crippen molar-refractivity contribution in [3.05, 3.63) is 0 Å². The summed E-state index contributed by atoms with van der Waals surface area (Å²) in [6, 6.07) is 0. The van der Waals surface area contributed by atoms with Crippen molar-refractivity contribution in [1.82, 2.24) is 5.32 Å². The third kappa shape index (κ3) is 4.11. The van der Waals surface area contributed by atoms with Gasteiger partial charge in [0.05, 0.1) is 0 Å². The Labute approximate surface area is 104 Å². The molecule has 0 saturated carbocycles. The number of amides is 1. The van der Waals surface area contributed by atoms with Crippen LogP contribution in [0.4, 0.5) is 0 Å². The van der Waals surface area contributed by atoms with Crippen LogP contribution >= 0.6 is 7.37 Å². The van der Waals surface area contributed by atoms with Gasteiger partial charge in [-0.1, -0.05) is 27.7 Å². The van der Waals surface area contributed by atoms with E-state index in [0.29, 0.717) is 24.7 Å². The SMILES string of the molecule is CC(C)CC1CP(=O)(O)C(CC(C)C)NC1=O. The van der Waals surface area contributed by atoms with Gasteiger partial charge in [-0.3, -0.25) is 9.36 Å². The van der Waals surface area contributed by atoms with E-state index in [0.717, 1.165) is 0 Å². The van der Waals surface area contributed by atoms with E-state index in [-0.39, 0.29) is 18.0 Å². The first kappa shape index (κ1) is 14.7. The molecule has 100 valence electrons. The molecule has 1 saturated heterocycles. The van der Waals surface area contributed by atoms with Gasteiger partial charge in [-0.05, 0) is 24.7 Å². The monoisotopic (exact) mass is 261 g/mol. The Morgan fingerprint density at radius 3 is 2.29 bits per heavy atom. The fourth-order valence-electron chi connectivity index (χ4n) is 2.33. The fraction of sp³-hybridized carbons (Fsp3) is 0.917. The third-order valence-corrected chi connectivity index (χ3v) is 5.38. The molecule has 0 aromatic rings. The van der Waals surface area contributed by atoms with Crippen LogP contribution in [0.5, 0.6) is 0 Å². The zero-order valence-corrected chi connectivity index (χ0v) is 12.0. The van der Waals surface area contributed by atoms with Crippen molar-refractivity contribution in [3.63, 3.8) is 0 Å². The van der Waals surface area contributed by atoms with E-state index in [1.165, 1.54) is 0 Å². The second-order valence-corrected chi connectivity index (χ2v) is 8.42. The number of hydrogen-bond acceptors (Lipinski definition) is 2. The topological polar surface area (TPSA) is 66.4 Å². The molecule has 0 aromatic heterocycles. The predicted molar refractivity (Wildman–Crippen MR) is 69.0 cm³/mol. The smallest absolute Gasteiger partial charge is 0.224 e. The van der Waals surface area contributed by atoms with E-state index in [1.807, 2.05) is 27.7 Å². The molecule has 1 rings (SSSR count). The summed E-state index contributed by atoms with van der Waals surface area (Å²) in [5, 5.41) is 2.74. The summed E-state index contributed by atoms with van der Waals surface area (Å²) in [5.74, 6) is -0.215. The number of nitrogens with one attached hydrogen (secondary N) is 1. The molecular weight excluding hydrogens is 237 g/mol. The Hall–Kier alpha value is -0.340. The molecule has 3 atom stereocenters. The van der Waals surface area contributed by atoms with Crippen molar-refractivity contribution in [2.75, 3.05) is 6.16 Å². The van der Waals surface area contributed by atoms with Crippen LogP contribution < -0.4 is 5.32 Å². The van der Waals surface area contributed by atoms with E-state index >= 15 is 0 Å².